The minimum absolute atomic E-state index is 0.0276. The molecular weight excluding hydrogens is 567 g/mol. The third-order valence-corrected chi connectivity index (χ3v) is 6.90. The van der Waals surface area contributed by atoms with Crippen LogP contribution in [0.2, 0.25) is 0 Å². The molecule has 0 unspecified atom stereocenters. The van der Waals surface area contributed by atoms with Crippen LogP contribution in [0.15, 0.2) is 77.7 Å². The van der Waals surface area contributed by atoms with E-state index >= 15 is 0 Å². The van der Waals surface area contributed by atoms with Crippen LogP contribution in [0.5, 0.6) is 0 Å². The molecule has 178 valence electrons. The van der Waals surface area contributed by atoms with Gasteiger partial charge in [-0.25, -0.2) is 13.2 Å². The van der Waals surface area contributed by atoms with Crippen LogP contribution in [0.3, 0.4) is 0 Å². The lowest BCUT2D eigenvalue weighted by atomic mass is 10.1. The van der Waals surface area contributed by atoms with E-state index in [-0.39, 0.29) is 10.5 Å². The average Bonchev–Trinajstić information content (AvgIpc) is 2.82. The second kappa shape index (κ2) is 12.0. The van der Waals surface area contributed by atoms with E-state index in [4.69, 9.17) is 4.74 Å². The Morgan fingerprint density at radius 2 is 1.68 bits per heavy atom. The third-order valence-electron chi connectivity index (χ3n) is 4.85. The van der Waals surface area contributed by atoms with Gasteiger partial charge in [0.2, 0.25) is 0 Å². The number of benzene rings is 3. The lowest BCUT2D eigenvalue weighted by Crippen LogP contribution is -2.21. The molecule has 0 saturated carbocycles. The number of unbranched alkanes of at least 4 members (excludes halogenated alkanes) is 1. The van der Waals surface area contributed by atoms with Gasteiger partial charge in [-0.2, -0.15) is 0 Å². The second-order valence-electron chi connectivity index (χ2n) is 7.57. The standard InChI is InChI=1S/C25H25IN2O5S/c1-2-3-6-18-11-13-21(14-12-18)28-34(31,32)23-10-4-7-19(15-23)25(30)33-17-24(29)27-22-9-5-8-20(26)16-22/h4-5,7-16,28H,2-3,6,17H2,1H3,(H,27,29). The van der Waals surface area contributed by atoms with E-state index in [0.717, 1.165) is 28.4 Å². The average molecular weight is 592 g/mol. The SMILES string of the molecule is CCCCc1ccc(NS(=O)(=O)c2cccc(C(=O)OCC(=O)Nc3cccc(I)c3)c2)cc1. The molecule has 0 atom stereocenters. The van der Waals surface area contributed by atoms with Crippen molar-refractivity contribution in [3.63, 3.8) is 0 Å². The molecule has 1 amide bonds. The predicted octanol–water partition coefficient (Wildman–Crippen LogP) is 5.23. The van der Waals surface area contributed by atoms with E-state index in [1.54, 1.807) is 30.3 Å². The lowest BCUT2D eigenvalue weighted by molar-refractivity contribution is -0.119. The van der Waals surface area contributed by atoms with E-state index in [1.807, 2.05) is 18.2 Å². The monoisotopic (exact) mass is 592 g/mol. The number of ether oxygens (including phenoxy) is 1. The maximum Gasteiger partial charge on any atom is 0.338 e. The van der Waals surface area contributed by atoms with Gasteiger partial charge in [0.1, 0.15) is 0 Å². The molecule has 0 aliphatic heterocycles. The molecule has 3 rings (SSSR count). The van der Waals surface area contributed by atoms with E-state index in [2.05, 4.69) is 39.6 Å². The van der Waals surface area contributed by atoms with Crippen molar-refractivity contribution >= 4 is 55.9 Å². The summed E-state index contributed by atoms with van der Waals surface area (Å²) in [5.41, 5.74) is 2.19. The largest absolute Gasteiger partial charge is 0.452 e. The van der Waals surface area contributed by atoms with Crippen molar-refractivity contribution in [1.29, 1.82) is 0 Å². The van der Waals surface area contributed by atoms with Gasteiger partial charge in [-0.05, 0) is 89.5 Å². The van der Waals surface area contributed by atoms with Gasteiger partial charge < -0.3 is 10.1 Å². The molecule has 0 aliphatic rings. The topological polar surface area (TPSA) is 102 Å². The number of sulfonamides is 1. The van der Waals surface area contributed by atoms with E-state index in [1.165, 1.54) is 24.3 Å². The van der Waals surface area contributed by atoms with E-state index < -0.39 is 28.5 Å². The Morgan fingerprint density at radius 3 is 2.38 bits per heavy atom. The number of esters is 1. The molecule has 0 aliphatic carbocycles. The number of nitrogens with one attached hydrogen (secondary N) is 2. The fourth-order valence-electron chi connectivity index (χ4n) is 3.10. The van der Waals surface area contributed by atoms with Gasteiger partial charge in [-0.1, -0.05) is 37.6 Å². The number of amides is 1. The van der Waals surface area contributed by atoms with Crippen LogP contribution in [-0.2, 0) is 26.0 Å². The summed E-state index contributed by atoms with van der Waals surface area (Å²) < 4.78 is 34.1. The summed E-state index contributed by atoms with van der Waals surface area (Å²) in [6, 6.07) is 19.9. The fourth-order valence-corrected chi connectivity index (χ4v) is 4.75. The maximum atomic E-state index is 12.8. The molecule has 3 aromatic rings. The number of anilines is 2. The molecular formula is C25H25IN2O5S. The molecule has 7 nitrogen and oxygen atoms in total. The molecule has 0 fully saturated rings. The Labute approximate surface area is 213 Å². The molecule has 9 heteroatoms. The van der Waals surface area contributed by atoms with Crippen molar-refractivity contribution < 1.29 is 22.7 Å². The van der Waals surface area contributed by atoms with Crippen molar-refractivity contribution in [3.05, 3.63) is 87.5 Å². The van der Waals surface area contributed by atoms with Gasteiger partial charge in [0, 0.05) is 14.9 Å². The summed E-state index contributed by atoms with van der Waals surface area (Å²) in [7, 11) is -3.91. The van der Waals surface area contributed by atoms with Crippen molar-refractivity contribution in [2.75, 3.05) is 16.6 Å². The van der Waals surface area contributed by atoms with Gasteiger partial charge in [0.05, 0.1) is 10.5 Å². The van der Waals surface area contributed by atoms with E-state index in [0.29, 0.717) is 11.4 Å². The molecule has 0 radical (unpaired) electrons. The summed E-state index contributed by atoms with van der Waals surface area (Å²) in [4.78, 5) is 24.4. The summed E-state index contributed by atoms with van der Waals surface area (Å²) in [6.07, 6.45) is 3.10. The molecule has 2 N–H and O–H groups in total. The van der Waals surface area contributed by atoms with Crippen molar-refractivity contribution in [2.45, 2.75) is 31.1 Å². The zero-order chi connectivity index (χ0) is 24.6. The van der Waals surface area contributed by atoms with Gasteiger partial charge >= 0.3 is 5.97 Å². The Kier molecular flexibility index (Phi) is 9.05. The van der Waals surface area contributed by atoms with Crippen LogP contribution in [0.4, 0.5) is 11.4 Å². The smallest absolute Gasteiger partial charge is 0.338 e. The second-order valence-corrected chi connectivity index (χ2v) is 10.5. The highest BCUT2D eigenvalue weighted by molar-refractivity contribution is 14.1. The number of halogens is 1. The zero-order valence-electron chi connectivity index (χ0n) is 18.6. The van der Waals surface area contributed by atoms with Crippen molar-refractivity contribution in [1.82, 2.24) is 0 Å². The molecule has 3 aromatic carbocycles. The highest BCUT2D eigenvalue weighted by Gasteiger charge is 2.18. The lowest BCUT2D eigenvalue weighted by Gasteiger charge is -2.10. The van der Waals surface area contributed by atoms with Crippen LogP contribution < -0.4 is 10.0 Å². The highest BCUT2D eigenvalue weighted by atomic mass is 127. The number of rotatable bonds is 10. The fraction of sp³-hybridized carbons (Fsp3) is 0.200. The minimum atomic E-state index is -3.91. The number of carbonyl (C=O) groups is 2. The normalized spacial score (nSPS) is 11.0. The first-order valence-electron chi connectivity index (χ1n) is 10.7. The molecule has 0 bridgehead atoms. The van der Waals surface area contributed by atoms with Crippen molar-refractivity contribution in [3.8, 4) is 0 Å². The van der Waals surface area contributed by atoms with Crippen LogP contribution in [0.25, 0.3) is 0 Å². The van der Waals surface area contributed by atoms with Crippen LogP contribution in [0.1, 0.15) is 35.7 Å². The number of carbonyl (C=O) groups excluding carboxylic acids is 2. The summed E-state index contributed by atoms with van der Waals surface area (Å²) in [5.74, 6) is -1.29. The predicted molar refractivity (Wildman–Crippen MR) is 140 cm³/mol. The van der Waals surface area contributed by atoms with Crippen molar-refractivity contribution in [2.24, 2.45) is 0 Å². The Hall–Kier alpha value is -2.92. The summed E-state index contributed by atoms with van der Waals surface area (Å²) in [5, 5.41) is 2.64. The number of hydrogen-bond donors (Lipinski definition) is 2. The summed E-state index contributed by atoms with van der Waals surface area (Å²) >= 11 is 2.12. The van der Waals surface area contributed by atoms with Crippen LogP contribution in [0, 0.1) is 3.57 Å². The summed E-state index contributed by atoms with van der Waals surface area (Å²) in [6.45, 7) is 1.62. The molecule has 0 saturated heterocycles. The number of hydrogen-bond acceptors (Lipinski definition) is 5. The zero-order valence-corrected chi connectivity index (χ0v) is 21.6. The number of aryl methyl sites for hydroxylation is 1. The first-order valence-corrected chi connectivity index (χ1v) is 13.3. The molecule has 0 heterocycles. The minimum Gasteiger partial charge on any atom is -0.452 e. The molecule has 0 aromatic heterocycles. The van der Waals surface area contributed by atoms with Gasteiger partial charge in [-0.15, -0.1) is 0 Å². The van der Waals surface area contributed by atoms with E-state index in [9.17, 15) is 18.0 Å². The highest BCUT2D eigenvalue weighted by Crippen LogP contribution is 2.19. The van der Waals surface area contributed by atoms with Crippen LogP contribution >= 0.6 is 22.6 Å². The first-order chi connectivity index (χ1) is 16.3. The van der Waals surface area contributed by atoms with Gasteiger partial charge in [0.15, 0.2) is 6.61 Å². The Balaban J connectivity index is 1.61. The molecule has 0 spiro atoms. The Morgan fingerprint density at radius 1 is 0.941 bits per heavy atom. The van der Waals surface area contributed by atoms with Crippen LogP contribution in [-0.4, -0.2) is 26.9 Å². The maximum absolute atomic E-state index is 12.8. The third kappa shape index (κ3) is 7.56. The van der Waals surface area contributed by atoms with Gasteiger partial charge in [-0.3, -0.25) is 9.52 Å². The first kappa shape index (κ1) is 25.7. The quantitative estimate of drug-likeness (QED) is 0.248. The van der Waals surface area contributed by atoms with Gasteiger partial charge in [0.25, 0.3) is 15.9 Å². The Bertz CT molecular complexity index is 1260. The molecule has 34 heavy (non-hydrogen) atoms.